The van der Waals surface area contributed by atoms with Crippen LogP contribution in [0.25, 0.3) is 0 Å². The maximum absolute atomic E-state index is 13.1. The Labute approximate surface area is 194 Å². The number of rotatable bonds is 10. The summed E-state index contributed by atoms with van der Waals surface area (Å²) in [4.78, 5) is 26.9. The highest BCUT2D eigenvalue weighted by Gasteiger charge is 2.30. The summed E-state index contributed by atoms with van der Waals surface area (Å²) < 4.78 is 50.8. The molecule has 0 atom stereocenters. The Balaban J connectivity index is 1.87. The Morgan fingerprint density at radius 3 is 2.42 bits per heavy atom. The van der Waals surface area contributed by atoms with E-state index in [9.17, 15) is 22.4 Å². The van der Waals surface area contributed by atoms with E-state index in [4.69, 9.17) is 15.2 Å². The van der Waals surface area contributed by atoms with Crippen LogP contribution in [0.2, 0.25) is 0 Å². The molecule has 0 bridgehead atoms. The van der Waals surface area contributed by atoms with Crippen LogP contribution in [0.4, 0.5) is 4.39 Å². The second kappa shape index (κ2) is 11.6. The molecule has 0 spiro atoms. The van der Waals surface area contributed by atoms with E-state index in [0.717, 1.165) is 0 Å². The number of amides is 1. The lowest BCUT2D eigenvalue weighted by Crippen LogP contribution is -2.39. The summed E-state index contributed by atoms with van der Waals surface area (Å²) in [6.07, 6.45) is 3.11. The van der Waals surface area contributed by atoms with E-state index in [-0.39, 0.29) is 54.0 Å². The number of sulfonamides is 1. The van der Waals surface area contributed by atoms with E-state index in [1.54, 1.807) is 20.8 Å². The molecule has 184 valence electrons. The Bertz CT molecular complexity index is 949. The minimum atomic E-state index is -3.72. The van der Waals surface area contributed by atoms with Crippen molar-refractivity contribution in [2.45, 2.75) is 63.4 Å². The molecule has 11 heteroatoms. The molecule has 2 N–H and O–H groups in total. The van der Waals surface area contributed by atoms with Gasteiger partial charge in [0.1, 0.15) is 17.1 Å². The van der Waals surface area contributed by atoms with Crippen LogP contribution in [-0.2, 0) is 24.3 Å². The van der Waals surface area contributed by atoms with Crippen molar-refractivity contribution < 1.29 is 31.9 Å². The molecule has 0 radical (unpaired) electrons. The standard InChI is InChI=1S/C22H32FN3O6S/c1-22(2,3)32-21(28)7-4-17(13-23)15-31-20-6-5-18(14-25-20)33(29,30)26-10-8-16(9-11-26)12-19(24)27/h5-6,13-14,16H,4,7-12,15H2,1-3H3,(H2,24,27). The highest BCUT2D eigenvalue weighted by molar-refractivity contribution is 7.89. The van der Waals surface area contributed by atoms with Gasteiger partial charge in [-0.05, 0) is 57.6 Å². The highest BCUT2D eigenvalue weighted by Crippen LogP contribution is 2.26. The molecule has 0 aliphatic carbocycles. The van der Waals surface area contributed by atoms with Crippen molar-refractivity contribution in [3.8, 4) is 5.88 Å². The van der Waals surface area contributed by atoms with Crippen molar-refractivity contribution in [3.63, 3.8) is 0 Å². The molecule has 0 unspecified atom stereocenters. The summed E-state index contributed by atoms with van der Waals surface area (Å²) in [5.41, 5.74) is 4.85. The minimum absolute atomic E-state index is 0.0110. The zero-order chi connectivity index (χ0) is 24.6. The molecule has 2 rings (SSSR count). The fraction of sp³-hybridized carbons (Fsp3) is 0.591. The maximum Gasteiger partial charge on any atom is 0.306 e. The van der Waals surface area contributed by atoms with Crippen molar-refractivity contribution in [2.24, 2.45) is 11.7 Å². The molecule has 1 aromatic heterocycles. The number of ether oxygens (including phenoxy) is 2. The summed E-state index contributed by atoms with van der Waals surface area (Å²) in [5.74, 6) is -0.596. The third kappa shape index (κ3) is 8.73. The number of esters is 1. The average Bonchev–Trinajstić information content (AvgIpc) is 2.73. The van der Waals surface area contributed by atoms with Gasteiger partial charge in [-0.3, -0.25) is 9.59 Å². The lowest BCUT2D eigenvalue weighted by Gasteiger charge is -2.30. The first-order valence-corrected chi connectivity index (χ1v) is 12.2. The number of halogens is 1. The van der Waals surface area contributed by atoms with Crippen LogP contribution < -0.4 is 10.5 Å². The Morgan fingerprint density at radius 1 is 1.24 bits per heavy atom. The molecule has 0 saturated carbocycles. The van der Waals surface area contributed by atoms with Gasteiger partial charge < -0.3 is 15.2 Å². The first-order chi connectivity index (χ1) is 15.4. The molecular weight excluding hydrogens is 453 g/mol. The van der Waals surface area contributed by atoms with Gasteiger partial charge in [0.15, 0.2) is 0 Å². The number of piperidine rings is 1. The molecule has 0 aromatic carbocycles. The van der Waals surface area contributed by atoms with E-state index in [1.807, 2.05) is 0 Å². The van der Waals surface area contributed by atoms with Crippen LogP contribution >= 0.6 is 0 Å². The first kappa shape index (κ1) is 26.7. The number of aromatic nitrogens is 1. The van der Waals surface area contributed by atoms with Crippen molar-refractivity contribution in [1.82, 2.24) is 9.29 Å². The second-order valence-corrected chi connectivity index (χ2v) is 10.9. The second-order valence-electron chi connectivity index (χ2n) is 8.99. The fourth-order valence-electron chi connectivity index (χ4n) is 3.37. The topological polar surface area (TPSA) is 129 Å². The number of hydrogen-bond acceptors (Lipinski definition) is 7. The minimum Gasteiger partial charge on any atom is -0.473 e. The fourth-order valence-corrected chi connectivity index (χ4v) is 4.79. The third-order valence-corrected chi connectivity index (χ3v) is 6.92. The van der Waals surface area contributed by atoms with Gasteiger partial charge in [-0.2, -0.15) is 4.31 Å². The predicted molar refractivity (Wildman–Crippen MR) is 119 cm³/mol. The molecule has 1 fully saturated rings. The maximum atomic E-state index is 13.1. The largest absolute Gasteiger partial charge is 0.473 e. The number of pyridine rings is 1. The SMILES string of the molecule is CC(C)(C)OC(=O)CCC(=CF)COc1ccc(S(=O)(=O)N2CCC(CC(N)=O)CC2)cn1. The van der Waals surface area contributed by atoms with Gasteiger partial charge in [0.25, 0.3) is 0 Å². The molecule has 33 heavy (non-hydrogen) atoms. The van der Waals surface area contributed by atoms with Crippen LogP contribution in [0.3, 0.4) is 0 Å². The van der Waals surface area contributed by atoms with Gasteiger partial charge >= 0.3 is 5.97 Å². The number of carbonyl (C=O) groups is 2. The third-order valence-electron chi connectivity index (χ3n) is 5.04. The van der Waals surface area contributed by atoms with Crippen molar-refractivity contribution in [2.75, 3.05) is 19.7 Å². The van der Waals surface area contributed by atoms with E-state index in [0.29, 0.717) is 32.3 Å². The summed E-state index contributed by atoms with van der Waals surface area (Å²) in [7, 11) is -3.72. The Hall–Kier alpha value is -2.53. The summed E-state index contributed by atoms with van der Waals surface area (Å²) in [6.45, 7) is 5.73. The van der Waals surface area contributed by atoms with E-state index in [2.05, 4.69) is 4.98 Å². The van der Waals surface area contributed by atoms with Crippen molar-refractivity contribution >= 4 is 21.9 Å². The van der Waals surface area contributed by atoms with Crippen LogP contribution in [0, 0.1) is 5.92 Å². The first-order valence-electron chi connectivity index (χ1n) is 10.8. The summed E-state index contributed by atoms with van der Waals surface area (Å²) >= 11 is 0. The van der Waals surface area contributed by atoms with Crippen molar-refractivity contribution in [1.29, 1.82) is 0 Å². The van der Waals surface area contributed by atoms with Crippen LogP contribution in [-0.4, -0.2) is 54.9 Å². The molecule has 1 amide bonds. The van der Waals surface area contributed by atoms with Gasteiger partial charge in [0, 0.05) is 32.0 Å². The number of primary amides is 1. The van der Waals surface area contributed by atoms with E-state index in [1.165, 1.54) is 22.6 Å². The Kier molecular flexibility index (Phi) is 9.35. The molecule has 1 saturated heterocycles. The quantitative estimate of drug-likeness (QED) is 0.505. The van der Waals surface area contributed by atoms with Gasteiger partial charge in [0.05, 0.1) is 12.5 Å². The average molecular weight is 486 g/mol. The van der Waals surface area contributed by atoms with E-state index >= 15 is 0 Å². The van der Waals surface area contributed by atoms with Crippen molar-refractivity contribution in [3.05, 3.63) is 30.2 Å². The Morgan fingerprint density at radius 2 is 1.91 bits per heavy atom. The summed E-state index contributed by atoms with van der Waals surface area (Å²) in [6, 6.07) is 2.78. The van der Waals surface area contributed by atoms with Gasteiger partial charge in [-0.1, -0.05) is 0 Å². The summed E-state index contributed by atoms with van der Waals surface area (Å²) in [5, 5.41) is 0. The monoisotopic (exact) mass is 485 g/mol. The van der Waals surface area contributed by atoms with Gasteiger partial charge in [-0.25, -0.2) is 17.8 Å². The lowest BCUT2D eigenvalue weighted by atomic mass is 9.94. The molecule has 1 aliphatic rings. The number of nitrogens with two attached hydrogens (primary N) is 1. The lowest BCUT2D eigenvalue weighted by molar-refractivity contribution is -0.154. The number of hydrogen-bond donors (Lipinski definition) is 1. The zero-order valence-electron chi connectivity index (χ0n) is 19.3. The van der Waals surface area contributed by atoms with Crippen LogP contribution in [0.5, 0.6) is 5.88 Å². The highest BCUT2D eigenvalue weighted by atomic mass is 32.2. The number of carbonyl (C=O) groups excluding carboxylic acids is 2. The molecular formula is C22H32FN3O6S. The normalized spacial score (nSPS) is 16.4. The number of nitrogens with zero attached hydrogens (tertiary/aromatic N) is 2. The van der Waals surface area contributed by atoms with E-state index < -0.39 is 21.6 Å². The molecule has 2 heterocycles. The molecule has 9 nitrogen and oxygen atoms in total. The van der Waals surface area contributed by atoms with Crippen LogP contribution in [0.1, 0.15) is 52.9 Å². The molecule has 1 aromatic rings. The van der Waals surface area contributed by atoms with Gasteiger partial charge in [0.2, 0.25) is 21.8 Å². The zero-order valence-corrected chi connectivity index (χ0v) is 20.1. The molecule has 1 aliphatic heterocycles. The predicted octanol–water partition coefficient (Wildman–Crippen LogP) is 2.71. The smallest absolute Gasteiger partial charge is 0.306 e. The van der Waals surface area contributed by atoms with Crippen LogP contribution in [0.15, 0.2) is 35.1 Å². The van der Waals surface area contributed by atoms with Gasteiger partial charge in [-0.15, -0.1) is 0 Å².